The third-order valence-electron chi connectivity index (χ3n) is 5.00. The Morgan fingerprint density at radius 2 is 1.96 bits per heavy atom. The highest BCUT2D eigenvalue weighted by Crippen LogP contribution is 2.24. The van der Waals surface area contributed by atoms with E-state index in [0.717, 1.165) is 18.6 Å². The molecule has 132 valence electrons. The van der Waals surface area contributed by atoms with Gasteiger partial charge < -0.3 is 10.1 Å². The number of hydrogen-bond donors (Lipinski definition) is 3. The molecule has 24 heavy (non-hydrogen) atoms. The minimum absolute atomic E-state index is 0.0321. The lowest BCUT2D eigenvalue weighted by molar-refractivity contribution is -0.125. The van der Waals surface area contributed by atoms with Gasteiger partial charge in [-0.3, -0.25) is 10.2 Å². The van der Waals surface area contributed by atoms with Crippen LogP contribution in [0.5, 0.6) is 0 Å². The van der Waals surface area contributed by atoms with Gasteiger partial charge >= 0.3 is 0 Å². The molecule has 1 aromatic rings. The maximum absolute atomic E-state index is 12.5. The van der Waals surface area contributed by atoms with Crippen molar-refractivity contribution in [1.82, 2.24) is 16.2 Å². The van der Waals surface area contributed by atoms with Crippen molar-refractivity contribution < 1.29 is 9.53 Å². The van der Waals surface area contributed by atoms with Gasteiger partial charge in [-0.15, -0.1) is 0 Å². The van der Waals surface area contributed by atoms with E-state index in [9.17, 15) is 4.79 Å². The summed E-state index contributed by atoms with van der Waals surface area (Å²) < 4.78 is 5.90. The number of benzene rings is 1. The first-order valence-corrected chi connectivity index (χ1v) is 9.27. The Morgan fingerprint density at radius 1 is 1.17 bits per heavy atom. The van der Waals surface area contributed by atoms with Gasteiger partial charge in [0.15, 0.2) is 0 Å². The van der Waals surface area contributed by atoms with Gasteiger partial charge in [-0.1, -0.05) is 49.6 Å². The summed E-state index contributed by atoms with van der Waals surface area (Å²) in [4.78, 5) is 12.5. The maximum atomic E-state index is 12.5. The number of nitrogens with one attached hydrogen (secondary N) is 3. The summed E-state index contributed by atoms with van der Waals surface area (Å²) in [6.07, 6.45) is 7.66. The van der Waals surface area contributed by atoms with Crippen LogP contribution >= 0.6 is 0 Å². The van der Waals surface area contributed by atoms with Crippen LogP contribution in [0.2, 0.25) is 0 Å². The van der Waals surface area contributed by atoms with Crippen molar-refractivity contribution in [2.45, 2.75) is 50.7 Å². The summed E-state index contributed by atoms with van der Waals surface area (Å²) >= 11 is 0. The fourth-order valence-corrected chi connectivity index (χ4v) is 3.61. The van der Waals surface area contributed by atoms with Gasteiger partial charge in [-0.2, -0.15) is 0 Å². The fourth-order valence-electron chi connectivity index (χ4n) is 3.61. The molecule has 0 bridgehead atoms. The normalized spacial score (nSPS) is 24.8. The first-order chi connectivity index (χ1) is 11.8. The number of carbonyl (C=O) groups excluding carboxylic acids is 1. The molecule has 5 nitrogen and oxygen atoms in total. The van der Waals surface area contributed by atoms with Crippen LogP contribution in [0.3, 0.4) is 0 Å². The molecule has 2 fully saturated rings. The van der Waals surface area contributed by atoms with Gasteiger partial charge in [0.2, 0.25) is 5.91 Å². The number of rotatable bonds is 7. The van der Waals surface area contributed by atoms with Crippen LogP contribution in [0.25, 0.3) is 0 Å². The molecule has 1 aromatic carbocycles. The van der Waals surface area contributed by atoms with Crippen LogP contribution in [-0.4, -0.2) is 31.7 Å². The molecular weight excluding hydrogens is 302 g/mol. The lowest BCUT2D eigenvalue weighted by Gasteiger charge is -2.22. The largest absolute Gasteiger partial charge is 0.378 e. The summed E-state index contributed by atoms with van der Waals surface area (Å²) in [5, 5.41) is 3.06. The van der Waals surface area contributed by atoms with Crippen molar-refractivity contribution in [3.05, 3.63) is 35.9 Å². The average molecular weight is 331 g/mol. The van der Waals surface area contributed by atoms with Gasteiger partial charge in [0.05, 0.1) is 18.1 Å². The number of ether oxygens (including phenoxy) is 1. The van der Waals surface area contributed by atoms with Crippen molar-refractivity contribution in [2.24, 2.45) is 5.92 Å². The van der Waals surface area contributed by atoms with Crippen molar-refractivity contribution in [3.63, 3.8) is 0 Å². The molecule has 0 spiro atoms. The molecule has 0 aromatic heterocycles. The monoisotopic (exact) mass is 331 g/mol. The Kier molecular flexibility index (Phi) is 6.64. The number of carbonyl (C=O) groups is 1. The second-order valence-corrected chi connectivity index (χ2v) is 6.80. The van der Waals surface area contributed by atoms with Crippen LogP contribution in [0, 0.1) is 5.92 Å². The molecule has 3 rings (SSSR count). The first kappa shape index (κ1) is 17.4. The Morgan fingerprint density at radius 3 is 2.75 bits per heavy atom. The highest BCUT2D eigenvalue weighted by Gasteiger charge is 2.33. The minimum atomic E-state index is -0.0772. The molecule has 2 atom stereocenters. The standard InChI is InChI=1S/C19H29N3O2/c23-19(20-12-7-13-24-16-10-5-2-6-11-16)17-14-21-22-18(17)15-8-3-1-4-9-15/h1,3-4,8-9,16-18,21-22H,2,5-7,10-14H2,(H,20,23). The minimum Gasteiger partial charge on any atom is -0.378 e. The summed E-state index contributed by atoms with van der Waals surface area (Å²) in [7, 11) is 0. The van der Waals surface area contributed by atoms with E-state index in [1.807, 2.05) is 18.2 Å². The number of hydrazine groups is 1. The van der Waals surface area contributed by atoms with Crippen molar-refractivity contribution in [1.29, 1.82) is 0 Å². The molecule has 1 aliphatic heterocycles. The zero-order chi connectivity index (χ0) is 16.6. The smallest absolute Gasteiger partial charge is 0.226 e. The quantitative estimate of drug-likeness (QED) is 0.671. The Bertz CT molecular complexity index is 503. The zero-order valence-corrected chi connectivity index (χ0v) is 14.3. The Labute approximate surface area is 144 Å². The van der Waals surface area contributed by atoms with Crippen LogP contribution in [-0.2, 0) is 9.53 Å². The molecule has 1 saturated heterocycles. The highest BCUT2D eigenvalue weighted by atomic mass is 16.5. The molecular formula is C19H29N3O2. The van der Waals surface area contributed by atoms with Crippen molar-refractivity contribution in [2.75, 3.05) is 19.7 Å². The van der Waals surface area contributed by atoms with Gasteiger partial charge in [0.1, 0.15) is 0 Å². The lowest BCUT2D eigenvalue weighted by Crippen LogP contribution is -2.36. The van der Waals surface area contributed by atoms with Gasteiger partial charge in [-0.05, 0) is 24.8 Å². The van der Waals surface area contributed by atoms with Crippen LogP contribution in [0.15, 0.2) is 30.3 Å². The SMILES string of the molecule is O=C(NCCCOC1CCCCC1)C1CNNC1c1ccccc1. The van der Waals surface area contributed by atoms with E-state index in [2.05, 4.69) is 28.3 Å². The van der Waals surface area contributed by atoms with Crippen molar-refractivity contribution >= 4 is 5.91 Å². The predicted octanol–water partition coefficient (Wildman–Crippen LogP) is 2.31. The van der Waals surface area contributed by atoms with Gasteiger partial charge in [0.25, 0.3) is 0 Å². The van der Waals surface area contributed by atoms with Crippen molar-refractivity contribution in [3.8, 4) is 0 Å². The van der Waals surface area contributed by atoms with Crippen LogP contribution in [0.4, 0.5) is 0 Å². The third kappa shape index (κ3) is 4.79. The number of amides is 1. The number of hydrogen-bond acceptors (Lipinski definition) is 4. The molecule has 1 heterocycles. The predicted molar refractivity (Wildman–Crippen MR) is 94.3 cm³/mol. The summed E-state index contributed by atoms with van der Waals surface area (Å²) in [5.74, 6) is 0.0330. The summed E-state index contributed by atoms with van der Waals surface area (Å²) in [6.45, 7) is 2.09. The molecule has 3 N–H and O–H groups in total. The molecule has 0 radical (unpaired) electrons. The van der Waals surface area contributed by atoms with E-state index < -0.39 is 0 Å². The van der Waals surface area contributed by atoms with Crippen LogP contribution in [0.1, 0.15) is 50.1 Å². The lowest BCUT2D eigenvalue weighted by atomic mass is 9.94. The van der Waals surface area contributed by atoms with E-state index in [0.29, 0.717) is 19.2 Å². The molecule has 1 aliphatic carbocycles. The summed E-state index contributed by atoms with van der Waals surface area (Å²) in [5.41, 5.74) is 7.47. The van der Waals surface area contributed by atoms with E-state index >= 15 is 0 Å². The molecule has 2 aliphatic rings. The zero-order valence-electron chi connectivity index (χ0n) is 14.3. The Balaban J connectivity index is 1.37. The summed E-state index contributed by atoms with van der Waals surface area (Å²) in [6, 6.07) is 10.2. The van der Waals surface area contributed by atoms with Gasteiger partial charge in [-0.25, -0.2) is 5.43 Å². The average Bonchev–Trinajstić information content (AvgIpc) is 3.13. The van der Waals surface area contributed by atoms with E-state index in [-0.39, 0.29) is 17.9 Å². The molecule has 1 saturated carbocycles. The van der Waals surface area contributed by atoms with E-state index in [1.54, 1.807) is 0 Å². The fraction of sp³-hybridized carbons (Fsp3) is 0.632. The topological polar surface area (TPSA) is 62.4 Å². The second kappa shape index (κ2) is 9.16. The molecule has 1 amide bonds. The molecule has 5 heteroatoms. The van der Waals surface area contributed by atoms with Gasteiger partial charge in [0, 0.05) is 19.7 Å². The maximum Gasteiger partial charge on any atom is 0.226 e. The highest BCUT2D eigenvalue weighted by molar-refractivity contribution is 5.80. The van der Waals surface area contributed by atoms with Crippen LogP contribution < -0.4 is 16.2 Å². The first-order valence-electron chi connectivity index (χ1n) is 9.27. The second-order valence-electron chi connectivity index (χ2n) is 6.80. The third-order valence-corrected chi connectivity index (χ3v) is 5.00. The van der Waals surface area contributed by atoms with E-state index in [1.165, 1.54) is 32.1 Å². The molecule has 2 unspecified atom stereocenters. The van der Waals surface area contributed by atoms with E-state index in [4.69, 9.17) is 4.74 Å². The Hall–Kier alpha value is -1.43.